The number of rotatable bonds is 4. The number of likely N-dealkylation sites (N-methyl/N-ethyl adjacent to an activating group) is 1. The summed E-state index contributed by atoms with van der Waals surface area (Å²) in [6, 6.07) is 4.46. The molecule has 0 fully saturated rings. The molecule has 0 radical (unpaired) electrons. The van der Waals surface area contributed by atoms with Gasteiger partial charge in [0.2, 0.25) is 10.0 Å². The van der Waals surface area contributed by atoms with Crippen molar-refractivity contribution in [2.24, 2.45) is 0 Å². The molecule has 0 unspecified atom stereocenters. The number of aliphatic hydroxyl groups is 1. The third-order valence-electron chi connectivity index (χ3n) is 2.10. The first-order chi connectivity index (χ1) is 7.75. The number of benzene rings is 1. The van der Waals surface area contributed by atoms with Gasteiger partial charge in [-0.3, -0.25) is 0 Å². The average molecular weight is 343 g/mol. The minimum Gasteiger partial charge on any atom is -0.392 e. The molecule has 1 atom stereocenters. The van der Waals surface area contributed by atoms with Crippen molar-refractivity contribution < 1.29 is 13.5 Å². The first kappa shape index (κ1) is 14.9. The fraction of sp³-hybridized carbons (Fsp3) is 0.400. The second-order valence-corrected chi connectivity index (χ2v) is 7.01. The van der Waals surface area contributed by atoms with Gasteiger partial charge in [-0.15, -0.1) is 0 Å². The van der Waals surface area contributed by atoms with Crippen molar-refractivity contribution in [2.75, 3.05) is 13.6 Å². The topological polar surface area (TPSA) is 57.6 Å². The van der Waals surface area contributed by atoms with Crippen molar-refractivity contribution in [1.29, 1.82) is 0 Å². The first-order valence-electron chi connectivity index (χ1n) is 4.84. The van der Waals surface area contributed by atoms with Crippen LogP contribution in [0.2, 0.25) is 5.02 Å². The summed E-state index contributed by atoms with van der Waals surface area (Å²) < 4.78 is 25.8. The van der Waals surface area contributed by atoms with E-state index in [2.05, 4.69) is 15.9 Å². The highest BCUT2D eigenvalue weighted by Crippen LogP contribution is 2.27. The maximum atomic E-state index is 12.1. The van der Waals surface area contributed by atoms with Crippen LogP contribution in [0.3, 0.4) is 0 Å². The van der Waals surface area contributed by atoms with Crippen LogP contribution in [0.25, 0.3) is 0 Å². The van der Waals surface area contributed by atoms with Gasteiger partial charge in [-0.2, -0.15) is 4.31 Å². The molecular formula is C10H13BrClNO3S. The highest BCUT2D eigenvalue weighted by atomic mass is 79.9. The molecule has 4 nitrogen and oxygen atoms in total. The van der Waals surface area contributed by atoms with E-state index >= 15 is 0 Å². The summed E-state index contributed by atoms with van der Waals surface area (Å²) >= 11 is 8.92. The van der Waals surface area contributed by atoms with E-state index in [0.29, 0.717) is 9.50 Å². The average Bonchev–Trinajstić information content (AvgIpc) is 2.15. The molecule has 0 saturated heterocycles. The lowest BCUT2D eigenvalue weighted by Gasteiger charge is -2.19. The normalized spacial score (nSPS) is 14.0. The van der Waals surface area contributed by atoms with Gasteiger partial charge in [0.25, 0.3) is 0 Å². The predicted molar refractivity (Wildman–Crippen MR) is 70.6 cm³/mol. The Kier molecular flexibility index (Phi) is 4.97. The van der Waals surface area contributed by atoms with Crippen molar-refractivity contribution in [2.45, 2.75) is 17.9 Å². The third kappa shape index (κ3) is 3.66. The van der Waals surface area contributed by atoms with E-state index in [-0.39, 0.29) is 11.4 Å². The van der Waals surface area contributed by atoms with Gasteiger partial charge >= 0.3 is 0 Å². The van der Waals surface area contributed by atoms with Crippen LogP contribution in [0.1, 0.15) is 6.92 Å². The zero-order chi connectivity index (χ0) is 13.2. The Morgan fingerprint density at radius 2 is 2.12 bits per heavy atom. The SMILES string of the molecule is C[C@@H](O)CN(C)S(=O)(=O)c1ccc(Cl)cc1Br. The third-order valence-corrected chi connectivity index (χ3v) is 5.14. The van der Waals surface area contributed by atoms with Gasteiger partial charge in [0, 0.05) is 23.1 Å². The molecule has 0 aliphatic rings. The Morgan fingerprint density at radius 3 is 2.59 bits per heavy atom. The Bertz CT molecular complexity index is 504. The highest BCUT2D eigenvalue weighted by molar-refractivity contribution is 9.10. The van der Waals surface area contributed by atoms with Crippen LogP contribution < -0.4 is 0 Å². The number of nitrogens with zero attached hydrogens (tertiary/aromatic N) is 1. The quantitative estimate of drug-likeness (QED) is 0.911. The van der Waals surface area contributed by atoms with Gasteiger partial charge in [0.05, 0.1) is 11.0 Å². The van der Waals surface area contributed by atoms with E-state index in [1.807, 2.05) is 0 Å². The molecule has 0 spiro atoms. The smallest absolute Gasteiger partial charge is 0.244 e. The molecular weight excluding hydrogens is 330 g/mol. The lowest BCUT2D eigenvalue weighted by molar-refractivity contribution is 0.171. The Morgan fingerprint density at radius 1 is 1.53 bits per heavy atom. The maximum Gasteiger partial charge on any atom is 0.244 e. The van der Waals surface area contributed by atoms with Crippen molar-refractivity contribution in [3.63, 3.8) is 0 Å². The van der Waals surface area contributed by atoms with Gasteiger partial charge in [0.1, 0.15) is 0 Å². The Hall–Kier alpha value is -0.140. The van der Waals surface area contributed by atoms with Crippen LogP contribution in [0.4, 0.5) is 0 Å². The van der Waals surface area contributed by atoms with Crippen LogP contribution in [-0.2, 0) is 10.0 Å². The van der Waals surface area contributed by atoms with Crippen LogP contribution in [0.15, 0.2) is 27.6 Å². The summed E-state index contributed by atoms with van der Waals surface area (Å²) in [6.07, 6.45) is -0.721. The molecule has 1 aromatic rings. The molecule has 96 valence electrons. The molecule has 0 amide bonds. The zero-order valence-corrected chi connectivity index (χ0v) is 12.6. The molecule has 0 aliphatic carbocycles. The second-order valence-electron chi connectivity index (χ2n) is 3.71. The molecule has 0 heterocycles. The molecule has 1 rings (SSSR count). The zero-order valence-electron chi connectivity index (χ0n) is 9.39. The number of halogens is 2. The molecule has 1 aromatic carbocycles. The molecule has 0 bridgehead atoms. The van der Waals surface area contributed by atoms with E-state index in [4.69, 9.17) is 11.6 Å². The fourth-order valence-corrected chi connectivity index (χ4v) is 3.91. The molecule has 17 heavy (non-hydrogen) atoms. The second kappa shape index (κ2) is 5.67. The van der Waals surface area contributed by atoms with Gasteiger partial charge in [-0.05, 0) is 41.1 Å². The number of hydrogen-bond acceptors (Lipinski definition) is 3. The van der Waals surface area contributed by atoms with Crippen molar-refractivity contribution in [1.82, 2.24) is 4.31 Å². The standard InChI is InChI=1S/C10H13BrClNO3S/c1-7(14)6-13(2)17(15,16)10-4-3-8(12)5-9(10)11/h3-5,7,14H,6H2,1-2H3/t7-/m1/s1. The lowest BCUT2D eigenvalue weighted by atomic mass is 10.4. The van der Waals surface area contributed by atoms with Crippen molar-refractivity contribution >= 4 is 37.6 Å². The monoisotopic (exact) mass is 341 g/mol. The summed E-state index contributed by atoms with van der Waals surface area (Å²) in [6.45, 7) is 1.57. The van der Waals surface area contributed by atoms with Crippen molar-refractivity contribution in [3.8, 4) is 0 Å². The van der Waals surface area contributed by atoms with Crippen LogP contribution in [-0.4, -0.2) is 37.5 Å². The van der Waals surface area contributed by atoms with E-state index in [9.17, 15) is 13.5 Å². The highest BCUT2D eigenvalue weighted by Gasteiger charge is 2.24. The lowest BCUT2D eigenvalue weighted by Crippen LogP contribution is -2.33. The summed E-state index contributed by atoms with van der Waals surface area (Å²) in [5.74, 6) is 0. The maximum absolute atomic E-state index is 12.1. The molecule has 1 N–H and O–H groups in total. The number of hydrogen-bond donors (Lipinski definition) is 1. The van der Waals surface area contributed by atoms with Crippen LogP contribution in [0.5, 0.6) is 0 Å². The molecule has 0 aliphatic heterocycles. The summed E-state index contributed by atoms with van der Waals surface area (Å²) in [7, 11) is -2.19. The van der Waals surface area contributed by atoms with Crippen LogP contribution in [0, 0.1) is 0 Å². The van der Waals surface area contributed by atoms with E-state index in [1.54, 1.807) is 0 Å². The van der Waals surface area contributed by atoms with Gasteiger partial charge in [-0.1, -0.05) is 11.6 Å². The minimum absolute atomic E-state index is 0.0391. The summed E-state index contributed by atoms with van der Waals surface area (Å²) in [5.41, 5.74) is 0. The molecule has 0 aromatic heterocycles. The van der Waals surface area contributed by atoms with Crippen molar-refractivity contribution in [3.05, 3.63) is 27.7 Å². The van der Waals surface area contributed by atoms with Gasteiger partial charge in [-0.25, -0.2) is 8.42 Å². The number of aliphatic hydroxyl groups excluding tert-OH is 1. The first-order valence-corrected chi connectivity index (χ1v) is 7.45. The predicted octanol–water partition coefficient (Wildman–Crippen LogP) is 2.10. The Labute approximate surface area is 114 Å². The summed E-state index contributed by atoms with van der Waals surface area (Å²) in [4.78, 5) is 0.130. The number of sulfonamides is 1. The summed E-state index contributed by atoms with van der Waals surface area (Å²) in [5, 5.41) is 9.66. The fourth-order valence-electron chi connectivity index (χ4n) is 1.32. The van der Waals surface area contributed by atoms with Gasteiger partial charge in [0.15, 0.2) is 0 Å². The van der Waals surface area contributed by atoms with Gasteiger partial charge < -0.3 is 5.11 Å². The largest absolute Gasteiger partial charge is 0.392 e. The van der Waals surface area contributed by atoms with E-state index in [1.165, 1.54) is 32.2 Å². The molecule has 7 heteroatoms. The Balaban J connectivity index is 3.13. The van der Waals surface area contributed by atoms with E-state index in [0.717, 1.165) is 4.31 Å². The van der Waals surface area contributed by atoms with Crippen LogP contribution >= 0.6 is 27.5 Å². The molecule has 0 saturated carbocycles. The minimum atomic E-state index is -3.61. The van der Waals surface area contributed by atoms with E-state index < -0.39 is 16.1 Å².